The Labute approximate surface area is 145 Å². The number of fused-ring (bicyclic) bond motifs is 1. The SMILES string of the molecule is O=C1c2ccccc2C(=O)N1CCCc1noc(C2CCNCC2)n1. The van der Waals surface area contributed by atoms with Crippen molar-refractivity contribution in [3.05, 3.63) is 47.1 Å². The molecule has 2 aliphatic rings. The first kappa shape index (κ1) is 16.0. The number of rotatable bonds is 5. The van der Waals surface area contributed by atoms with Crippen LogP contribution in [0.4, 0.5) is 0 Å². The van der Waals surface area contributed by atoms with Gasteiger partial charge in [-0.15, -0.1) is 0 Å². The molecule has 7 nitrogen and oxygen atoms in total. The fraction of sp³-hybridized carbons (Fsp3) is 0.444. The third kappa shape index (κ3) is 3.07. The molecule has 0 saturated carbocycles. The highest BCUT2D eigenvalue weighted by Crippen LogP contribution is 2.24. The van der Waals surface area contributed by atoms with Gasteiger partial charge in [-0.05, 0) is 44.5 Å². The van der Waals surface area contributed by atoms with E-state index in [1.165, 1.54) is 4.90 Å². The van der Waals surface area contributed by atoms with Crippen molar-refractivity contribution >= 4 is 11.8 Å². The van der Waals surface area contributed by atoms with Crippen LogP contribution < -0.4 is 5.32 Å². The summed E-state index contributed by atoms with van der Waals surface area (Å²) in [5, 5.41) is 7.35. The zero-order valence-electron chi connectivity index (χ0n) is 13.9. The maximum atomic E-state index is 12.3. The minimum Gasteiger partial charge on any atom is -0.339 e. The van der Waals surface area contributed by atoms with E-state index in [4.69, 9.17) is 4.52 Å². The number of hydrogen-bond acceptors (Lipinski definition) is 6. The lowest BCUT2D eigenvalue weighted by Crippen LogP contribution is -2.31. The second kappa shape index (κ2) is 6.76. The van der Waals surface area contributed by atoms with E-state index in [9.17, 15) is 9.59 Å². The van der Waals surface area contributed by atoms with E-state index in [1.807, 2.05) is 0 Å². The molecular weight excluding hydrogens is 320 g/mol. The number of amides is 2. The van der Waals surface area contributed by atoms with Gasteiger partial charge >= 0.3 is 0 Å². The fourth-order valence-electron chi connectivity index (χ4n) is 3.44. The first-order chi connectivity index (χ1) is 12.2. The number of imide groups is 1. The topological polar surface area (TPSA) is 88.3 Å². The lowest BCUT2D eigenvalue weighted by Gasteiger charge is -2.18. The maximum Gasteiger partial charge on any atom is 0.261 e. The molecule has 0 unspecified atom stereocenters. The van der Waals surface area contributed by atoms with Crippen LogP contribution in [0.2, 0.25) is 0 Å². The highest BCUT2D eigenvalue weighted by atomic mass is 16.5. The van der Waals surface area contributed by atoms with Crippen molar-refractivity contribution in [2.75, 3.05) is 19.6 Å². The van der Waals surface area contributed by atoms with Crippen LogP contribution in [0.5, 0.6) is 0 Å². The Hall–Kier alpha value is -2.54. The summed E-state index contributed by atoms with van der Waals surface area (Å²) in [5.41, 5.74) is 0.973. The Bertz CT molecular complexity index is 760. The molecule has 1 saturated heterocycles. The number of aromatic nitrogens is 2. The van der Waals surface area contributed by atoms with Gasteiger partial charge in [0, 0.05) is 18.9 Å². The monoisotopic (exact) mass is 340 g/mol. The van der Waals surface area contributed by atoms with Gasteiger partial charge < -0.3 is 9.84 Å². The molecular formula is C18H20N4O3. The van der Waals surface area contributed by atoms with Gasteiger partial charge in [0.1, 0.15) is 0 Å². The number of carbonyl (C=O) groups excluding carboxylic acids is 2. The van der Waals surface area contributed by atoms with Crippen LogP contribution in [0.15, 0.2) is 28.8 Å². The summed E-state index contributed by atoms with van der Waals surface area (Å²) in [4.78, 5) is 30.4. The van der Waals surface area contributed by atoms with Crippen LogP contribution in [-0.4, -0.2) is 46.5 Å². The molecule has 0 bridgehead atoms. The van der Waals surface area contributed by atoms with Gasteiger partial charge in [0.2, 0.25) is 5.89 Å². The average molecular weight is 340 g/mol. The molecule has 2 amide bonds. The second-order valence-corrected chi connectivity index (χ2v) is 6.48. The van der Waals surface area contributed by atoms with Crippen molar-refractivity contribution in [2.45, 2.75) is 31.6 Å². The number of hydrogen-bond donors (Lipinski definition) is 1. The van der Waals surface area contributed by atoms with E-state index in [1.54, 1.807) is 24.3 Å². The molecule has 1 N–H and O–H groups in total. The Balaban J connectivity index is 1.33. The molecule has 0 spiro atoms. The second-order valence-electron chi connectivity index (χ2n) is 6.48. The minimum atomic E-state index is -0.218. The standard InChI is InChI=1S/C18H20N4O3/c23-17-13-4-1-2-5-14(13)18(24)22(17)11-3-6-15-20-16(25-21-15)12-7-9-19-10-8-12/h1-2,4-5,12,19H,3,6-11H2. The van der Waals surface area contributed by atoms with E-state index in [0.717, 1.165) is 25.9 Å². The highest BCUT2D eigenvalue weighted by molar-refractivity contribution is 6.21. The van der Waals surface area contributed by atoms with Crippen LogP contribution >= 0.6 is 0 Å². The number of nitrogens with zero attached hydrogens (tertiary/aromatic N) is 3. The van der Waals surface area contributed by atoms with Crippen LogP contribution in [0.1, 0.15) is 57.6 Å². The van der Waals surface area contributed by atoms with Gasteiger partial charge in [0.25, 0.3) is 11.8 Å². The van der Waals surface area contributed by atoms with Crippen molar-refractivity contribution < 1.29 is 14.1 Å². The summed E-state index contributed by atoms with van der Waals surface area (Å²) in [7, 11) is 0. The molecule has 25 heavy (non-hydrogen) atoms. The summed E-state index contributed by atoms with van der Waals surface area (Å²) in [6.45, 7) is 2.31. The van der Waals surface area contributed by atoms with Gasteiger partial charge in [0.05, 0.1) is 11.1 Å². The predicted octanol–water partition coefficient (Wildman–Crippen LogP) is 1.77. The molecule has 0 atom stereocenters. The zero-order valence-corrected chi connectivity index (χ0v) is 13.9. The summed E-state index contributed by atoms with van der Waals surface area (Å²) in [5.74, 6) is 1.24. The van der Waals surface area contributed by atoms with Crippen molar-refractivity contribution in [3.63, 3.8) is 0 Å². The molecule has 1 aromatic carbocycles. The molecule has 0 aliphatic carbocycles. The molecule has 7 heteroatoms. The van der Waals surface area contributed by atoms with Gasteiger partial charge in [-0.25, -0.2) is 0 Å². The minimum absolute atomic E-state index is 0.218. The zero-order chi connectivity index (χ0) is 17.2. The number of benzene rings is 1. The Kier molecular flexibility index (Phi) is 4.31. The van der Waals surface area contributed by atoms with Gasteiger partial charge in [-0.3, -0.25) is 14.5 Å². The smallest absolute Gasteiger partial charge is 0.261 e. The van der Waals surface area contributed by atoms with Crippen LogP contribution in [0, 0.1) is 0 Å². The lowest BCUT2D eigenvalue weighted by molar-refractivity contribution is 0.0652. The van der Waals surface area contributed by atoms with Gasteiger partial charge in [-0.1, -0.05) is 17.3 Å². The molecule has 0 radical (unpaired) electrons. The van der Waals surface area contributed by atoms with Gasteiger partial charge in [-0.2, -0.15) is 4.98 Å². The molecule has 1 aromatic heterocycles. The largest absolute Gasteiger partial charge is 0.339 e. The van der Waals surface area contributed by atoms with E-state index in [2.05, 4.69) is 15.5 Å². The first-order valence-electron chi connectivity index (χ1n) is 8.72. The summed E-state index contributed by atoms with van der Waals surface area (Å²) < 4.78 is 5.38. The summed E-state index contributed by atoms with van der Waals surface area (Å²) >= 11 is 0. The molecule has 2 aromatic rings. The molecule has 1 fully saturated rings. The third-order valence-electron chi connectivity index (χ3n) is 4.83. The number of aryl methyl sites for hydroxylation is 1. The van der Waals surface area contributed by atoms with E-state index >= 15 is 0 Å². The normalized spacial score (nSPS) is 18.0. The summed E-state index contributed by atoms with van der Waals surface area (Å²) in [6.07, 6.45) is 3.23. The number of piperidine rings is 1. The van der Waals surface area contributed by atoms with Crippen LogP contribution in [-0.2, 0) is 6.42 Å². The van der Waals surface area contributed by atoms with Crippen LogP contribution in [0.25, 0.3) is 0 Å². The molecule has 3 heterocycles. The van der Waals surface area contributed by atoms with Crippen molar-refractivity contribution in [3.8, 4) is 0 Å². The number of carbonyl (C=O) groups is 2. The van der Waals surface area contributed by atoms with E-state index in [-0.39, 0.29) is 11.8 Å². The van der Waals surface area contributed by atoms with Crippen molar-refractivity contribution in [2.24, 2.45) is 0 Å². The molecule has 2 aliphatic heterocycles. The predicted molar refractivity (Wildman–Crippen MR) is 89.3 cm³/mol. The van der Waals surface area contributed by atoms with E-state index in [0.29, 0.717) is 48.1 Å². The van der Waals surface area contributed by atoms with Crippen molar-refractivity contribution in [1.82, 2.24) is 20.4 Å². The quantitative estimate of drug-likeness (QED) is 0.835. The fourth-order valence-corrected chi connectivity index (χ4v) is 3.44. The lowest BCUT2D eigenvalue weighted by atomic mass is 9.98. The molecule has 130 valence electrons. The van der Waals surface area contributed by atoms with Crippen molar-refractivity contribution in [1.29, 1.82) is 0 Å². The average Bonchev–Trinajstić information content (AvgIpc) is 3.22. The third-order valence-corrected chi connectivity index (χ3v) is 4.83. The molecule has 4 rings (SSSR count). The Morgan fingerprint density at radius 1 is 1.12 bits per heavy atom. The first-order valence-corrected chi connectivity index (χ1v) is 8.72. The Morgan fingerprint density at radius 2 is 1.80 bits per heavy atom. The summed E-state index contributed by atoms with van der Waals surface area (Å²) in [6, 6.07) is 6.93. The maximum absolute atomic E-state index is 12.3. The number of nitrogens with one attached hydrogen (secondary N) is 1. The Morgan fingerprint density at radius 3 is 2.48 bits per heavy atom. The van der Waals surface area contributed by atoms with E-state index < -0.39 is 0 Å². The highest BCUT2D eigenvalue weighted by Gasteiger charge is 2.34. The van der Waals surface area contributed by atoms with Gasteiger partial charge in [0.15, 0.2) is 5.82 Å². The van der Waals surface area contributed by atoms with Crippen LogP contribution in [0.3, 0.4) is 0 Å².